The summed E-state index contributed by atoms with van der Waals surface area (Å²) in [5.74, 6) is 0.281. The fourth-order valence-electron chi connectivity index (χ4n) is 2.97. The molecular formula is C15H27BN2O4S. The largest absolute Gasteiger partial charge is 0.461 e. The summed E-state index contributed by atoms with van der Waals surface area (Å²) in [5.41, 5.74) is -0.698. The molecular weight excluding hydrogens is 315 g/mol. The maximum atomic E-state index is 12.2. The highest BCUT2D eigenvalue weighted by Gasteiger charge is 2.54. The molecule has 0 unspecified atom stereocenters. The van der Waals surface area contributed by atoms with E-state index in [2.05, 4.69) is 0 Å². The molecule has 2 rings (SSSR count). The highest BCUT2D eigenvalue weighted by molar-refractivity contribution is 7.89. The lowest BCUT2D eigenvalue weighted by atomic mass is 9.67. The highest BCUT2D eigenvalue weighted by Crippen LogP contribution is 2.42. The number of piperidine rings is 1. The second-order valence-electron chi connectivity index (χ2n) is 7.44. The van der Waals surface area contributed by atoms with E-state index in [9.17, 15) is 8.42 Å². The van der Waals surface area contributed by atoms with Crippen LogP contribution in [0.15, 0.2) is 0 Å². The van der Waals surface area contributed by atoms with E-state index in [1.54, 1.807) is 4.31 Å². The Kier molecular flexibility index (Phi) is 5.46. The van der Waals surface area contributed by atoms with E-state index in [1.807, 2.05) is 33.8 Å². The van der Waals surface area contributed by atoms with Crippen molar-refractivity contribution in [3.63, 3.8) is 0 Å². The van der Waals surface area contributed by atoms with Gasteiger partial charge in [0.25, 0.3) is 0 Å². The van der Waals surface area contributed by atoms with Gasteiger partial charge < -0.3 is 9.31 Å². The number of hydrogen-bond acceptors (Lipinski definition) is 5. The molecule has 8 heteroatoms. The van der Waals surface area contributed by atoms with Crippen LogP contribution in [0.1, 0.15) is 53.4 Å². The molecule has 0 spiro atoms. The van der Waals surface area contributed by atoms with E-state index in [-0.39, 0.29) is 36.3 Å². The Labute approximate surface area is 140 Å². The maximum absolute atomic E-state index is 12.2. The minimum atomic E-state index is -3.25. The van der Waals surface area contributed by atoms with Crippen LogP contribution in [0.25, 0.3) is 0 Å². The van der Waals surface area contributed by atoms with Gasteiger partial charge in [-0.2, -0.15) is 5.26 Å². The first kappa shape index (κ1) is 18.7. The zero-order valence-corrected chi connectivity index (χ0v) is 15.4. The number of nitrogens with zero attached hydrogens (tertiary/aromatic N) is 2. The first-order chi connectivity index (χ1) is 10.6. The van der Waals surface area contributed by atoms with E-state index in [4.69, 9.17) is 14.6 Å². The van der Waals surface area contributed by atoms with Crippen molar-refractivity contribution in [2.24, 2.45) is 0 Å². The Balaban J connectivity index is 1.89. The monoisotopic (exact) mass is 342 g/mol. The lowest BCUT2D eigenvalue weighted by molar-refractivity contribution is 0.00578. The summed E-state index contributed by atoms with van der Waals surface area (Å²) in [6.45, 7) is 9.13. The molecule has 2 fully saturated rings. The van der Waals surface area contributed by atoms with E-state index < -0.39 is 10.0 Å². The fourth-order valence-corrected chi connectivity index (χ4v) is 4.50. The smallest absolute Gasteiger partial charge is 0.403 e. The predicted molar refractivity (Wildman–Crippen MR) is 89.3 cm³/mol. The molecule has 2 saturated heterocycles. The highest BCUT2D eigenvalue weighted by atomic mass is 32.2. The lowest BCUT2D eigenvalue weighted by Crippen LogP contribution is -2.42. The van der Waals surface area contributed by atoms with Gasteiger partial charge in [0.15, 0.2) is 0 Å². The molecule has 2 heterocycles. The lowest BCUT2D eigenvalue weighted by Gasteiger charge is -2.32. The summed E-state index contributed by atoms with van der Waals surface area (Å²) in [6, 6.07) is 1.99. The topological polar surface area (TPSA) is 79.6 Å². The number of unbranched alkanes of at least 4 members (excludes halogenated alkanes) is 1. The fraction of sp³-hybridized carbons (Fsp3) is 0.933. The first-order valence-corrected chi connectivity index (χ1v) is 9.90. The van der Waals surface area contributed by atoms with Crippen LogP contribution in [-0.2, 0) is 19.3 Å². The first-order valence-electron chi connectivity index (χ1n) is 8.29. The van der Waals surface area contributed by atoms with E-state index in [0.717, 1.165) is 12.8 Å². The van der Waals surface area contributed by atoms with Crippen LogP contribution >= 0.6 is 0 Å². The van der Waals surface area contributed by atoms with Gasteiger partial charge in [0.05, 0.1) is 23.0 Å². The van der Waals surface area contributed by atoms with Crippen LogP contribution < -0.4 is 0 Å². The van der Waals surface area contributed by atoms with Gasteiger partial charge >= 0.3 is 7.12 Å². The quantitative estimate of drug-likeness (QED) is 0.565. The van der Waals surface area contributed by atoms with E-state index in [0.29, 0.717) is 19.5 Å². The van der Waals surface area contributed by atoms with Crippen molar-refractivity contribution in [1.82, 2.24) is 4.31 Å². The van der Waals surface area contributed by atoms with Gasteiger partial charge in [0.1, 0.15) is 0 Å². The van der Waals surface area contributed by atoms with E-state index >= 15 is 0 Å². The third-order valence-electron chi connectivity index (χ3n) is 5.24. The third kappa shape index (κ3) is 4.08. The summed E-state index contributed by atoms with van der Waals surface area (Å²) in [4.78, 5) is 0. The second-order valence-corrected chi connectivity index (χ2v) is 9.53. The minimum absolute atomic E-state index is 0.0573. The predicted octanol–water partition coefficient (Wildman–Crippen LogP) is 2.18. The molecule has 0 bridgehead atoms. The average Bonchev–Trinajstić information content (AvgIpc) is 2.68. The van der Waals surface area contributed by atoms with Crippen molar-refractivity contribution in [2.45, 2.75) is 70.4 Å². The third-order valence-corrected chi connectivity index (χ3v) is 7.20. The van der Waals surface area contributed by atoms with Crippen LogP contribution in [0.3, 0.4) is 0 Å². The molecule has 130 valence electrons. The summed E-state index contributed by atoms with van der Waals surface area (Å²) in [5, 5.41) is 8.53. The zero-order valence-electron chi connectivity index (χ0n) is 14.5. The molecule has 0 aromatic rings. The van der Waals surface area contributed by atoms with Crippen LogP contribution in [0, 0.1) is 11.3 Å². The van der Waals surface area contributed by atoms with Crippen molar-refractivity contribution in [2.75, 3.05) is 18.8 Å². The molecule has 0 aromatic heterocycles. The SMILES string of the molecule is CC1(C)OB(C2CCN(S(=O)(=O)CCCC#N)CC2)OC1(C)C. The summed E-state index contributed by atoms with van der Waals surface area (Å²) < 4.78 is 38.2. The summed E-state index contributed by atoms with van der Waals surface area (Å²) in [6.07, 6.45) is 2.17. The number of sulfonamides is 1. The molecule has 2 aliphatic heterocycles. The zero-order chi connectivity index (χ0) is 17.3. The van der Waals surface area contributed by atoms with Gasteiger partial charge in [-0.3, -0.25) is 0 Å². The Morgan fingerprint density at radius 2 is 1.70 bits per heavy atom. The Morgan fingerprint density at radius 1 is 1.17 bits per heavy atom. The second kappa shape index (κ2) is 6.71. The molecule has 0 aliphatic carbocycles. The van der Waals surface area contributed by atoms with Gasteiger partial charge in [-0.25, -0.2) is 12.7 Å². The molecule has 0 aromatic carbocycles. The Hall–Kier alpha value is -0.615. The Morgan fingerprint density at radius 3 is 2.17 bits per heavy atom. The maximum Gasteiger partial charge on any atom is 0.461 e. The molecule has 6 nitrogen and oxygen atoms in total. The van der Waals surface area contributed by atoms with Gasteiger partial charge in [-0.15, -0.1) is 0 Å². The van der Waals surface area contributed by atoms with Gasteiger partial charge in [-0.1, -0.05) is 0 Å². The van der Waals surface area contributed by atoms with Crippen molar-refractivity contribution < 1.29 is 17.7 Å². The molecule has 0 N–H and O–H groups in total. The van der Waals surface area contributed by atoms with Crippen LogP contribution in [0.4, 0.5) is 0 Å². The van der Waals surface area contributed by atoms with E-state index in [1.165, 1.54) is 0 Å². The Bertz CT molecular complexity index is 547. The van der Waals surface area contributed by atoms with Crippen molar-refractivity contribution in [1.29, 1.82) is 5.26 Å². The van der Waals surface area contributed by atoms with Crippen LogP contribution in [0.5, 0.6) is 0 Å². The number of nitriles is 1. The molecule has 2 aliphatic rings. The van der Waals surface area contributed by atoms with Gasteiger partial charge in [0.2, 0.25) is 10.0 Å². The van der Waals surface area contributed by atoms with Crippen molar-refractivity contribution in [3.05, 3.63) is 0 Å². The van der Waals surface area contributed by atoms with Crippen LogP contribution in [0.2, 0.25) is 5.82 Å². The summed E-state index contributed by atoms with van der Waals surface area (Å²) >= 11 is 0. The molecule has 0 radical (unpaired) electrons. The normalized spacial score (nSPS) is 25.4. The number of rotatable bonds is 5. The van der Waals surface area contributed by atoms with Gasteiger partial charge in [-0.05, 0) is 52.8 Å². The van der Waals surface area contributed by atoms with Crippen molar-refractivity contribution in [3.8, 4) is 6.07 Å². The van der Waals surface area contributed by atoms with Crippen LogP contribution in [-0.4, -0.2) is 49.9 Å². The average molecular weight is 342 g/mol. The number of hydrogen-bond donors (Lipinski definition) is 0. The minimum Gasteiger partial charge on any atom is -0.403 e. The standard InChI is InChI=1S/C15H27BN2O4S/c1-14(2)15(3,4)22-16(21-14)13-7-10-18(11-8-13)23(19,20)12-6-5-9-17/h13H,5-8,10-12H2,1-4H3. The summed E-state index contributed by atoms with van der Waals surface area (Å²) in [7, 11) is -3.51. The molecule has 23 heavy (non-hydrogen) atoms. The molecule has 0 saturated carbocycles. The molecule has 0 amide bonds. The van der Waals surface area contributed by atoms with Crippen molar-refractivity contribution >= 4 is 17.1 Å². The van der Waals surface area contributed by atoms with Gasteiger partial charge in [0, 0.05) is 19.5 Å². The molecule has 0 atom stereocenters.